The van der Waals surface area contributed by atoms with Gasteiger partial charge in [0.15, 0.2) is 0 Å². The molecule has 2 aromatic rings. The molecule has 0 fully saturated rings. The minimum absolute atomic E-state index is 0.179. The predicted molar refractivity (Wildman–Crippen MR) is 60.5 cm³/mol. The van der Waals surface area contributed by atoms with Crippen LogP contribution in [0.2, 0.25) is 0 Å². The largest absolute Gasteiger partial charge is 0.288 e. The van der Waals surface area contributed by atoms with Crippen LogP contribution in [0.4, 0.5) is 5.69 Å². The summed E-state index contributed by atoms with van der Waals surface area (Å²) in [6, 6.07) is 3.73. The Bertz CT molecular complexity index is 519. The minimum atomic E-state index is -0.348. The molecular weight excluding hydrogens is 218 g/mol. The fourth-order valence-corrected chi connectivity index (χ4v) is 2.56. The molecule has 0 aliphatic heterocycles. The van der Waals surface area contributed by atoms with Crippen molar-refractivity contribution >= 4 is 39.7 Å². The molecule has 5 heteroatoms. The molecule has 72 valence electrons. The van der Waals surface area contributed by atoms with Gasteiger partial charge in [0.2, 0.25) is 0 Å². The molecule has 0 N–H and O–H groups in total. The molecular formula is C9H7NO2S2. The molecule has 1 aromatic heterocycles. The van der Waals surface area contributed by atoms with E-state index in [9.17, 15) is 10.1 Å². The Balaban J connectivity index is 2.89. The lowest BCUT2D eigenvalue weighted by atomic mass is 10.1. The van der Waals surface area contributed by atoms with Crippen LogP contribution in [0.25, 0.3) is 10.1 Å². The number of rotatable bonds is 1. The summed E-state index contributed by atoms with van der Waals surface area (Å²) in [7, 11) is 0. The molecule has 2 rings (SSSR count). The van der Waals surface area contributed by atoms with Crippen molar-refractivity contribution in [3.8, 4) is 0 Å². The van der Waals surface area contributed by atoms with Crippen LogP contribution in [0.5, 0.6) is 0 Å². The number of thiophene rings is 1. The van der Waals surface area contributed by atoms with E-state index in [1.165, 1.54) is 11.3 Å². The lowest BCUT2D eigenvalue weighted by Crippen LogP contribution is -1.87. The van der Waals surface area contributed by atoms with Crippen LogP contribution in [-0.2, 0) is 0 Å². The summed E-state index contributed by atoms with van der Waals surface area (Å²) < 4.78 is 0.937. The van der Waals surface area contributed by atoms with E-state index in [1.807, 2.05) is 19.1 Å². The molecule has 0 unspecified atom stereocenters. The van der Waals surface area contributed by atoms with E-state index in [2.05, 4.69) is 12.6 Å². The molecule has 0 aliphatic carbocycles. The van der Waals surface area contributed by atoms with Gasteiger partial charge in [0.1, 0.15) is 0 Å². The van der Waals surface area contributed by atoms with Crippen LogP contribution in [-0.4, -0.2) is 4.92 Å². The van der Waals surface area contributed by atoms with Gasteiger partial charge in [0.05, 0.1) is 15.7 Å². The molecule has 14 heavy (non-hydrogen) atoms. The molecule has 0 radical (unpaired) electrons. The Labute approximate surface area is 89.9 Å². The standard InChI is InChI=1S/C9H7NO2S2/c1-5-7(13)2-3-8-9(5)6(4-14-8)10(11)12/h2-4,13H,1H3. The van der Waals surface area contributed by atoms with Gasteiger partial charge in [-0.1, -0.05) is 0 Å². The van der Waals surface area contributed by atoms with Crippen molar-refractivity contribution in [3.63, 3.8) is 0 Å². The number of fused-ring (bicyclic) bond motifs is 1. The normalized spacial score (nSPS) is 10.7. The maximum atomic E-state index is 10.7. The Morgan fingerprint density at radius 2 is 2.21 bits per heavy atom. The quantitative estimate of drug-likeness (QED) is 0.459. The average molecular weight is 225 g/mol. The summed E-state index contributed by atoms with van der Waals surface area (Å²) in [6.45, 7) is 1.85. The number of thiol groups is 1. The summed E-state index contributed by atoms with van der Waals surface area (Å²) in [4.78, 5) is 11.2. The molecule has 0 spiro atoms. The van der Waals surface area contributed by atoms with Crippen molar-refractivity contribution < 1.29 is 4.92 Å². The molecule has 0 atom stereocenters. The van der Waals surface area contributed by atoms with Gasteiger partial charge in [-0.05, 0) is 24.6 Å². The van der Waals surface area contributed by atoms with Gasteiger partial charge in [-0.25, -0.2) is 0 Å². The molecule has 0 bridgehead atoms. The van der Waals surface area contributed by atoms with E-state index in [-0.39, 0.29) is 10.6 Å². The summed E-state index contributed by atoms with van der Waals surface area (Å²) >= 11 is 5.64. The third-order valence-electron chi connectivity index (χ3n) is 2.15. The predicted octanol–water partition coefficient (Wildman–Crippen LogP) is 3.41. The first-order chi connectivity index (χ1) is 6.61. The molecule has 3 nitrogen and oxygen atoms in total. The van der Waals surface area contributed by atoms with Gasteiger partial charge in [-0.2, -0.15) is 0 Å². The Kier molecular flexibility index (Phi) is 2.20. The number of nitrogens with zero attached hydrogens (tertiary/aromatic N) is 1. The van der Waals surface area contributed by atoms with Gasteiger partial charge in [0, 0.05) is 9.60 Å². The van der Waals surface area contributed by atoms with Gasteiger partial charge in [0.25, 0.3) is 5.69 Å². The monoisotopic (exact) mass is 225 g/mol. The van der Waals surface area contributed by atoms with Crippen molar-refractivity contribution in [1.82, 2.24) is 0 Å². The maximum absolute atomic E-state index is 10.7. The van der Waals surface area contributed by atoms with Gasteiger partial charge < -0.3 is 0 Å². The summed E-state index contributed by atoms with van der Waals surface area (Å²) in [5.74, 6) is 0. The molecule has 0 saturated carbocycles. The molecule has 0 amide bonds. The number of hydrogen-bond acceptors (Lipinski definition) is 4. The first kappa shape index (κ1) is 9.48. The second kappa shape index (κ2) is 3.25. The number of benzene rings is 1. The lowest BCUT2D eigenvalue weighted by Gasteiger charge is -1.99. The van der Waals surface area contributed by atoms with Crippen LogP contribution >= 0.6 is 24.0 Å². The van der Waals surface area contributed by atoms with Crippen LogP contribution in [0.1, 0.15) is 5.56 Å². The molecule has 0 aliphatic rings. The van der Waals surface area contributed by atoms with E-state index < -0.39 is 0 Å². The van der Waals surface area contributed by atoms with Gasteiger partial charge in [-0.15, -0.1) is 24.0 Å². The Morgan fingerprint density at radius 1 is 1.50 bits per heavy atom. The van der Waals surface area contributed by atoms with Gasteiger partial charge >= 0.3 is 0 Å². The smallest absolute Gasteiger partial charge is 0.258 e. The average Bonchev–Trinajstić information content (AvgIpc) is 2.55. The molecule has 0 saturated heterocycles. The third kappa shape index (κ3) is 1.29. The second-order valence-electron chi connectivity index (χ2n) is 2.96. The third-order valence-corrected chi connectivity index (χ3v) is 3.57. The SMILES string of the molecule is Cc1c(S)ccc2scc([N+](=O)[O-])c12. The first-order valence-electron chi connectivity index (χ1n) is 3.95. The highest BCUT2D eigenvalue weighted by molar-refractivity contribution is 7.80. The Morgan fingerprint density at radius 3 is 2.86 bits per heavy atom. The summed E-state index contributed by atoms with van der Waals surface area (Å²) in [5, 5.41) is 13.0. The number of nitro groups is 1. The zero-order valence-corrected chi connectivity index (χ0v) is 9.06. The maximum Gasteiger partial charge on any atom is 0.288 e. The lowest BCUT2D eigenvalue weighted by molar-refractivity contribution is -0.382. The van der Waals surface area contributed by atoms with E-state index in [4.69, 9.17) is 0 Å². The van der Waals surface area contributed by atoms with Crippen molar-refractivity contribution in [2.75, 3.05) is 0 Å². The summed E-state index contributed by atoms with van der Waals surface area (Å²) in [6.07, 6.45) is 0. The van der Waals surface area contributed by atoms with Gasteiger partial charge in [-0.3, -0.25) is 10.1 Å². The zero-order chi connectivity index (χ0) is 10.3. The van der Waals surface area contributed by atoms with Crippen LogP contribution in [0, 0.1) is 17.0 Å². The van der Waals surface area contributed by atoms with Crippen molar-refractivity contribution in [3.05, 3.63) is 33.2 Å². The van der Waals surface area contributed by atoms with E-state index >= 15 is 0 Å². The van der Waals surface area contributed by atoms with Crippen LogP contribution < -0.4 is 0 Å². The highest BCUT2D eigenvalue weighted by atomic mass is 32.1. The van der Waals surface area contributed by atoms with E-state index in [1.54, 1.807) is 5.38 Å². The van der Waals surface area contributed by atoms with Crippen LogP contribution in [0.3, 0.4) is 0 Å². The van der Waals surface area contributed by atoms with Crippen molar-refractivity contribution in [2.24, 2.45) is 0 Å². The highest BCUT2D eigenvalue weighted by Gasteiger charge is 2.16. The van der Waals surface area contributed by atoms with Crippen molar-refractivity contribution in [2.45, 2.75) is 11.8 Å². The van der Waals surface area contributed by atoms with E-state index in [0.717, 1.165) is 15.2 Å². The van der Waals surface area contributed by atoms with Crippen molar-refractivity contribution in [1.29, 1.82) is 0 Å². The topological polar surface area (TPSA) is 43.1 Å². The first-order valence-corrected chi connectivity index (χ1v) is 5.28. The fraction of sp³-hybridized carbons (Fsp3) is 0.111. The Hall–Kier alpha value is -1.07. The van der Waals surface area contributed by atoms with Crippen LogP contribution in [0.15, 0.2) is 22.4 Å². The van der Waals surface area contributed by atoms with E-state index in [0.29, 0.717) is 5.39 Å². The number of aryl methyl sites for hydroxylation is 1. The molecule has 1 heterocycles. The summed E-state index contributed by atoms with van der Waals surface area (Å²) in [5.41, 5.74) is 1.05. The fourth-order valence-electron chi connectivity index (χ4n) is 1.40. The number of hydrogen-bond donors (Lipinski definition) is 1. The molecule has 1 aromatic carbocycles. The highest BCUT2D eigenvalue weighted by Crippen LogP contribution is 2.36. The zero-order valence-electron chi connectivity index (χ0n) is 7.35. The second-order valence-corrected chi connectivity index (χ2v) is 4.35. The minimum Gasteiger partial charge on any atom is -0.258 e.